The molecule has 2 heterocycles. The Morgan fingerprint density at radius 2 is 2.24 bits per heavy atom. The molecule has 1 aliphatic carbocycles. The Kier molecular flexibility index (Phi) is 2.58. The number of carbonyl (C=O) groups is 1. The van der Waals surface area contributed by atoms with Crippen molar-refractivity contribution in [1.29, 1.82) is 0 Å². The zero-order valence-corrected chi connectivity index (χ0v) is 9.43. The zero-order chi connectivity index (χ0) is 11.8. The first-order chi connectivity index (χ1) is 8.24. The minimum Gasteiger partial charge on any atom is -0.475 e. The molecule has 3 atom stereocenters. The van der Waals surface area contributed by atoms with Crippen LogP contribution in [0.5, 0.6) is 0 Å². The van der Waals surface area contributed by atoms with Crippen LogP contribution in [-0.2, 0) is 0 Å². The molecule has 3 unspecified atom stereocenters. The average Bonchev–Trinajstić information content (AvgIpc) is 2.95. The van der Waals surface area contributed by atoms with Crippen molar-refractivity contribution < 1.29 is 14.4 Å². The maximum absolute atomic E-state index is 10.7. The average molecular weight is 237 g/mol. The lowest BCUT2D eigenvalue weighted by Gasteiger charge is -2.24. The molecule has 1 saturated carbocycles. The molecule has 1 saturated heterocycles. The third-order valence-corrected chi connectivity index (χ3v) is 3.79. The number of hydrogen-bond acceptors (Lipinski definition) is 5. The van der Waals surface area contributed by atoms with Gasteiger partial charge in [-0.3, -0.25) is 0 Å². The summed E-state index contributed by atoms with van der Waals surface area (Å²) in [5.74, 6) is -0.308. The van der Waals surface area contributed by atoms with Crippen molar-refractivity contribution in [1.82, 2.24) is 15.5 Å². The van der Waals surface area contributed by atoms with Crippen molar-refractivity contribution in [2.45, 2.75) is 44.2 Å². The van der Waals surface area contributed by atoms with Crippen molar-refractivity contribution in [2.75, 3.05) is 0 Å². The number of rotatable bonds is 2. The normalized spacial score (nSPS) is 32.4. The van der Waals surface area contributed by atoms with Crippen LogP contribution in [0.3, 0.4) is 0 Å². The lowest BCUT2D eigenvalue weighted by Crippen LogP contribution is -2.30. The van der Waals surface area contributed by atoms with Gasteiger partial charge in [-0.25, -0.2) is 4.79 Å². The molecule has 2 N–H and O–H groups in total. The molecule has 92 valence electrons. The van der Waals surface area contributed by atoms with Gasteiger partial charge in [-0.1, -0.05) is 12.8 Å². The van der Waals surface area contributed by atoms with E-state index in [1.165, 1.54) is 25.7 Å². The van der Waals surface area contributed by atoms with Crippen molar-refractivity contribution in [3.05, 3.63) is 11.7 Å². The highest BCUT2D eigenvalue weighted by atomic mass is 16.5. The van der Waals surface area contributed by atoms with Gasteiger partial charge in [0.15, 0.2) is 0 Å². The van der Waals surface area contributed by atoms with Crippen LogP contribution in [0.2, 0.25) is 0 Å². The van der Waals surface area contributed by atoms with Gasteiger partial charge in [0.25, 0.3) is 5.82 Å². The van der Waals surface area contributed by atoms with Gasteiger partial charge in [0.1, 0.15) is 0 Å². The van der Waals surface area contributed by atoms with E-state index in [9.17, 15) is 4.79 Å². The minimum absolute atomic E-state index is 0.0312. The molecule has 2 fully saturated rings. The third kappa shape index (κ3) is 1.93. The summed E-state index contributed by atoms with van der Waals surface area (Å²) in [7, 11) is 0. The van der Waals surface area contributed by atoms with E-state index in [1.807, 2.05) is 0 Å². The predicted octanol–water partition coefficient (Wildman–Crippen LogP) is 1.36. The van der Waals surface area contributed by atoms with Gasteiger partial charge in [0, 0.05) is 6.04 Å². The lowest BCUT2D eigenvalue weighted by molar-refractivity contribution is 0.0680. The van der Waals surface area contributed by atoms with Crippen LogP contribution in [0.25, 0.3) is 0 Å². The van der Waals surface area contributed by atoms with Crippen LogP contribution in [0.15, 0.2) is 4.52 Å². The molecule has 2 aliphatic rings. The Morgan fingerprint density at radius 1 is 1.41 bits per heavy atom. The maximum Gasteiger partial charge on any atom is 0.377 e. The monoisotopic (exact) mass is 237 g/mol. The van der Waals surface area contributed by atoms with Gasteiger partial charge in [-0.2, -0.15) is 4.98 Å². The van der Waals surface area contributed by atoms with Gasteiger partial charge < -0.3 is 14.9 Å². The van der Waals surface area contributed by atoms with Crippen LogP contribution in [-0.4, -0.2) is 27.3 Å². The topological polar surface area (TPSA) is 88.2 Å². The number of carboxylic acids is 1. The highest BCUT2D eigenvalue weighted by Gasteiger charge is 2.38. The fourth-order valence-electron chi connectivity index (χ4n) is 2.97. The first kappa shape index (κ1) is 10.7. The van der Waals surface area contributed by atoms with E-state index < -0.39 is 5.97 Å². The van der Waals surface area contributed by atoms with Gasteiger partial charge in [-0.15, -0.1) is 0 Å². The maximum atomic E-state index is 10.7. The zero-order valence-electron chi connectivity index (χ0n) is 9.43. The number of aromatic nitrogens is 2. The van der Waals surface area contributed by atoms with E-state index in [2.05, 4.69) is 15.5 Å². The molecule has 17 heavy (non-hydrogen) atoms. The summed E-state index contributed by atoms with van der Waals surface area (Å²) >= 11 is 0. The Morgan fingerprint density at radius 3 is 2.94 bits per heavy atom. The molecular formula is C11H15N3O3. The smallest absolute Gasteiger partial charge is 0.377 e. The van der Waals surface area contributed by atoms with Gasteiger partial charge >= 0.3 is 5.97 Å². The molecule has 6 nitrogen and oxygen atoms in total. The number of nitrogens with zero attached hydrogens (tertiary/aromatic N) is 2. The van der Waals surface area contributed by atoms with Crippen LogP contribution in [0.1, 0.15) is 54.7 Å². The minimum atomic E-state index is -1.14. The summed E-state index contributed by atoms with van der Waals surface area (Å²) in [6.07, 6.45) is 5.98. The van der Waals surface area contributed by atoms with E-state index in [-0.39, 0.29) is 11.9 Å². The Balaban J connectivity index is 1.74. The highest BCUT2D eigenvalue weighted by Crippen LogP contribution is 2.38. The van der Waals surface area contributed by atoms with Crippen molar-refractivity contribution in [3.63, 3.8) is 0 Å². The fraction of sp³-hybridized carbons (Fsp3) is 0.727. The summed E-state index contributed by atoms with van der Waals surface area (Å²) in [5.41, 5.74) is 0. The molecule has 0 radical (unpaired) electrons. The molecule has 1 aromatic rings. The van der Waals surface area contributed by atoms with Gasteiger partial charge in [0.2, 0.25) is 5.89 Å². The van der Waals surface area contributed by atoms with Crippen molar-refractivity contribution >= 4 is 5.97 Å². The van der Waals surface area contributed by atoms with Crippen molar-refractivity contribution in [2.24, 2.45) is 5.92 Å². The largest absolute Gasteiger partial charge is 0.475 e. The van der Waals surface area contributed by atoms with E-state index in [1.54, 1.807) is 0 Å². The summed E-state index contributed by atoms with van der Waals surface area (Å²) in [5, 5.41) is 15.7. The molecular weight excluding hydrogens is 222 g/mol. The summed E-state index contributed by atoms with van der Waals surface area (Å²) < 4.78 is 5.01. The molecule has 6 heteroatoms. The van der Waals surface area contributed by atoms with E-state index in [0.717, 1.165) is 6.42 Å². The SMILES string of the molecule is O=C(O)c1noc(C2CC3CCCCC3N2)n1. The number of nitrogens with one attached hydrogen (secondary N) is 1. The van der Waals surface area contributed by atoms with Crippen LogP contribution in [0.4, 0.5) is 0 Å². The highest BCUT2D eigenvalue weighted by molar-refractivity contribution is 5.82. The summed E-state index contributed by atoms with van der Waals surface area (Å²) in [6.45, 7) is 0. The van der Waals surface area contributed by atoms with Crippen LogP contribution in [0, 0.1) is 5.92 Å². The molecule has 0 bridgehead atoms. The second-order valence-corrected chi connectivity index (χ2v) is 4.87. The molecule has 1 aliphatic heterocycles. The number of hydrogen-bond donors (Lipinski definition) is 2. The second-order valence-electron chi connectivity index (χ2n) is 4.87. The molecule has 0 spiro atoms. The van der Waals surface area contributed by atoms with E-state index >= 15 is 0 Å². The Bertz CT molecular complexity index is 417. The van der Waals surface area contributed by atoms with Crippen molar-refractivity contribution in [3.8, 4) is 0 Å². The molecule has 0 aromatic carbocycles. The standard InChI is InChI=1S/C11H15N3O3/c15-11(16)9-13-10(17-14-9)8-5-6-3-1-2-4-7(6)12-8/h6-8,12H,1-5H2,(H,15,16). The fourth-order valence-corrected chi connectivity index (χ4v) is 2.97. The van der Waals surface area contributed by atoms with Crippen LogP contribution >= 0.6 is 0 Å². The number of carboxylic acid groups (broad SMARTS) is 1. The lowest BCUT2D eigenvalue weighted by atomic mass is 9.85. The van der Waals surface area contributed by atoms with E-state index in [0.29, 0.717) is 17.9 Å². The van der Waals surface area contributed by atoms with Gasteiger partial charge in [-0.05, 0) is 30.3 Å². The molecule has 3 rings (SSSR count). The first-order valence-electron chi connectivity index (χ1n) is 6.07. The number of aromatic carboxylic acids is 1. The molecule has 1 aromatic heterocycles. The number of fused-ring (bicyclic) bond motifs is 1. The Hall–Kier alpha value is -1.43. The quantitative estimate of drug-likeness (QED) is 0.807. The summed E-state index contributed by atoms with van der Waals surface area (Å²) in [6, 6.07) is 0.567. The van der Waals surface area contributed by atoms with E-state index in [4.69, 9.17) is 9.63 Å². The molecule has 0 amide bonds. The van der Waals surface area contributed by atoms with Gasteiger partial charge in [0.05, 0.1) is 6.04 Å². The summed E-state index contributed by atoms with van der Waals surface area (Å²) in [4.78, 5) is 14.6. The Labute approximate surface area is 98.4 Å². The second kappa shape index (κ2) is 4.10. The first-order valence-corrected chi connectivity index (χ1v) is 6.07. The third-order valence-electron chi connectivity index (χ3n) is 3.79. The predicted molar refractivity (Wildman–Crippen MR) is 57.5 cm³/mol. The van der Waals surface area contributed by atoms with Crippen LogP contribution < -0.4 is 5.32 Å².